The number of anilines is 1. The highest BCUT2D eigenvalue weighted by molar-refractivity contribution is 6.05. The molecule has 7 heteroatoms. The highest BCUT2D eigenvalue weighted by Gasteiger charge is 2.39. The molecule has 0 spiro atoms. The molecule has 3 heterocycles. The molecule has 7 nitrogen and oxygen atoms in total. The van der Waals surface area contributed by atoms with Crippen LogP contribution >= 0.6 is 0 Å². The normalized spacial score (nSPS) is 21.4. The first-order valence-electron chi connectivity index (χ1n) is 10.3. The van der Waals surface area contributed by atoms with E-state index in [1.54, 1.807) is 4.90 Å². The van der Waals surface area contributed by atoms with Gasteiger partial charge in [0.1, 0.15) is 6.04 Å². The topological polar surface area (TPSA) is 95.7 Å². The van der Waals surface area contributed by atoms with Crippen LogP contribution in [0, 0.1) is 0 Å². The maximum absolute atomic E-state index is 12.8. The molecule has 0 radical (unpaired) electrons. The van der Waals surface area contributed by atoms with Crippen LogP contribution in [0.15, 0.2) is 36.4 Å². The Morgan fingerprint density at radius 1 is 1.03 bits per heavy atom. The molecule has 3 amide bonds. The van der Waals surface area contributed by atoms with Crippen LogP contribution in [0.3, 0.4) is 0 Å². The molecule has 1 unspecified atom stereocenters. The predicted octanol–water partition coefficient (Wildman–Crippen LogP) is 1.59. The molecule has 154 valence electrons. The van der Waals surface area contributed by atoms with E-state index >= 15 is 0 Å². The molecule has 1 atom stereocenters. The lowest BCUT2D eigenvalue weighted by Gasteiger charge is -2.29. The number of nitrogens with zero attached hydrogens (tertiary/aromatic N) is 2. The zero-order valence-corrected chi connectivity index (χ0v) is 16.7. The molecular formula is C23H24N4O3. The summed E-state index contributed by atoms with van der Waals surface area (Å²) in [5.74, 6) is -0.783. The SMILES string of the molecule is Nc1cccc2c1CN(Cc1ccc3c(c1)CN(C1CCC(=O)NC1=O)C3=O)CC2. The summed E-state index contributed by atoms with van der Waals surface area (Å²) in [5, 5.41) is 2.34. The first kappa shape index (κ1) is 18.8. The molecule has 2 aromatic carbocycles. The van der Waals surface area contributed by atoms with Gasteiger partial charge in [-0.25, -0.2) is 0 Å². The fraction of sp³-hybridized carbons (Fsp3) is 0.348. The predicted molar refractivity (Wildman–Crippen MR) is 111 cm³/mol. The van der Waals surface area contributed by atoms with Gasteiger partial charge in [-0.3, -0.25) is 24.6 Å². The van der Waals surface area contributed by atoms with Crippen molar-refractivity contribution in [1.29, 1.82) is 0 Å². The number of amides is 3. The zero-order valence-electron chi connectivity index (χ0n) is 16.7. The van der Waals surface area contributed by atoms with E-state index < -0.39 is 6.04 Å². The Labute approximate surface area is 174 Å². The zero-order chi connectivity index (χ0) is 20.8. The largest absolute Gasteiger partial charge is 0.398 e. The number of imide groups is 1. The lowest BCUT2D eigenvalue weighted by molar-refractivity contribution is -0.136. The second kappa shape index (κ2) is 7.25. The van der Waals surface area contributed by atoms with Gasteiger partial charge in [-0.1, -0.05) is 24.3 Å². The maximum Gasteiger partial charge on any atom is 0.255 e. The number of carbonyl (C=O) groups excluding carboxylic acids is 3. The highest BCUT2D eigenvalue weighted by Crippen LogP contribution is 2.30. The Morgan fingerprint density at radius 2 is 1.90 bits per heavy atom. The molecule has 0 aromatic heterocycles. The molecule has 0 aliphatic carbocycles. The van der Waals surface area contributed by atoms with Crippen LogP contribution < -0.4 is 11.1 Å². The van der Waals surface area contributed by atoms with Crippen molar-refractivity contribution in [3.63, 3.8) is 0 Å². The summed E-state index contributed by atoms with van der Waals surface area (Å²) in [6.45, 7) is 2.98. The van der Waals surface area contributed by atoms with Gasteiger partial charge >= 0.3 is 0 Å². The van der Waals surface area contributed by atoms with E-state index in [0.717, 1.165) is 42.9 Å². The fourth-order valence-corrected chi connectivity index (χ4v) is 4.78. The summed E-state index contributed by atoms with van der Waals surface area (Å²) < 4.78 is 0. The molecule has 1 fully saturated rings. The van der Waals surface area contributed by atoms with Crippen molar-refractivity contribution >= 4 is 23.4 Å². The number of fused-ring (bicyclic) bond motifs is 2. The molecule has 3 aliphatic rings. The summed E-state index contributed by atoms with van der Waals surface area (Å²) >= 11 is 0. The fourth-order valence-electron chi connectivity index (χ4n) is 4.78. The average molecular weight is 404 g/mol. The molecule has 3 N–H and O–H groups in total. The summed E-state index contributed by atoms with van der Waals surface area (Å²) in [7, 11) is 0. The maximum atomic E-state index is 12.8. The molecule has 0 saturated carbocycles. The van der Waals surface area contributed by atoms with Crippen molar-refractivity contribution in [1.82, 2.24) is 15.1 Å². The van der Waals surface area contributed by atoms with E-state index in [1.165, 1.54) is 11.1 Å². The summed E-state index contributed by atoms with van der Waals surface area (Å²) in [4.78, 5) is 40.4. The van der Waals surface area contributed by atoms with Crippen LogP contribution in [-0.4, -0.2) is 40.1 Å². The average Bonchev–Trinajstić information content (AvgIpc) is 3.04. The third kappa shape index (κ3) is 3.25. The van der Waals surface area contributed by atoms with Gasteiger partial charge in [0, 0.05) is 43.9 Å². The molecular weight excluding hydrogens is 380 g/mol. The van der Waals surface area contributed by atoms with E-state index in [9.17, 15) is 14.4 Å². The Bertz CT molecular complexity index is 1060. The first-order chi connectivity index (χ1) is 14.5. The van der Waals surface area contributed by atoms with Crippen molar-refractivity contribution in [3.8, 4) is 0 Å². The van der Waals surface area contributed by atoms with Gasteiger partial charge in [-0.2, -0.15) is 0 Å². The van der Waals surface area contributed by atoms with Gasteiger partial charge in [0.05, 0.1) is 0 Å². The number of nitrogen functional groups attached to an aromatic ring is 1. The monoisotopic (exact) mass is 404 g/mol. The van der Waals surface area contributed by atoms with Crippen molar-refractivity contribution in [2.45, 2.75) is 44.9 Å². The molecule has 2 aromatic rings. The van der Waals surface area contributed by atoms with Gasteiger partial charge in [0.2, 0.25) is 11.8 Å². The standard InChI is InChI=1S/C23H24N4O3/c24-19-3-1-2-15-8-9-26(13-18(15)19)11-14-4-5-17-16(10-14)12-27(23(17)30)20-6-7-21(28)25-22(20)29/h1-5,10,20H,6-9,11-13,24H2,(H,25,28,29). The molecule has 1 saturated heterocycles. The third-order valence-corrected chi connectivity index (χ3v) is 6.38. The molecule has 3 aliphatic heterocycles. The summed E-state index contributed by atoms with van der Waals surface area (Å²) in [5.41, 5.74) is 12.3. The van der Waals surface area contributed by atoms with Crippen LogP contribution in [0.1, 0.15) is 45.5 Å². The van der Waals surface area contributed by atoms with E-state index in [4.69, 9.17) is 5.73 Å². The number of nitrogens with one attached hydrogen (secondary N) is 1. The van der Waals surface area contributed by atoms with Crippen molar-refractivity contribution in [3.05, 3.63) is 64.2 Å². The Morgan fingerprint density at radius 3 is 2.73 bits per heavy atom. The number of benzene rings is 2. The van der Waals surface area contributed by atoms with E-state index in [1.807, 2.05) is 24.3 Å². The Balaban J connectivity index is 1.31. The Hall–Kier alpha value is -3.19. The van der Waals surface area contributed by atoms with E-state index in [2.05, 4.69) is 22.3 Å². The van der Waals surface area contributed by atoms with Crippen molar-refractivity contribution < 1.29 is 14.4 Å². The lowest BCUT2D eigenvalue weighted by atomic mass is 9.97. The quantitative estimate of drug-likeness (QED) is 0.598. The highest BCUT2D eigenvalue weighted by atomic mass is 16.2. The number of nitrogens with two attached hydrogens (primary N) is 1. The smallest absolute Gasteiger partial charge is 0.255 e. The molecule has 0 bridgehead atoms. The van der Waals surface area contributed by atoms with Crippen LogP contribution in [0.25, 0.3) is 0 Å². The van der Waals surface area contributed by atoms with Gasteiger partial charge in [0.15, 0.2) is 0 Å². The summed E-state index contributed by atoms with van der Waals surface area (Å²) in [6.07, 6.45) is 1.63. The number of piperidine rings is 1. The van der Waals surface area contributed by atoms with Gasteiger partial charge in [0.25, 0.3) is 5.91 Å². The van der Waals surface area contributed by atoms with Gasteiger partial charge in [-0.15, -0.1) is 0 Å². The number of rotatable bonds is 3. The van der Waals surface area contributed by atoms with Crippen LogP contribution in [-0.2, 0) is 35.6 Å². The lowest BCUT2D eigenvalue weighted by Crippen LogP contribution is -2.52. The van der Waals surface area contributed by atoms with E-state index in [-0.39, 0.29) is 24.1 Å². The van der Waals surface area contributed by atoms with Crippen molar-refractivity contribution in [2.24, 2.45) is 0 Å². The van der Waals surface area contributed by atoms with E-state index in [0.29, 0.717) is 18.5 Å². The second-order valence-corrected chi connectivity index (χ2v) is 8.34. The number of hydrogen-bond donors (Lipinski definition) is 2. The van der Waals surface area contributed by atoms with Crippen LogP contribution in [0.4, 0.5) is 5.69 Å². The van der Waals surface area contributed by atoms with Crippen LogP contribution in [0.2, 0.25) is 0 Å². The third-order valence-electron chi connectivity index (χ3n) is 6.38. The molecule has 5 rings (SSSR count). The Kier molecular flexibility index (Phi) is 4.55. The van der Waals surface area contributed by atoms with Crippen molar-refractivity contribution in [2.75, 3.05) is 12.3 Å². The minimum Gasteiger partial charge on any atom is -0.398 e. The van der Waals surface area contributed by atoms with Crippen LogP contribution in [0.5, 0.6) is 0 Å². The number of carbonyl (C=O) groups is 3. The summed E-state index contributed by atoms with van der Waals surface area (Å²) in [6, 6.07) is 11.5. The number of hydrogen-bond acceptors (Lipinski definition) is 5. The first-order valence-corrected chi connectivity index (χ1v) is 10.3. The minimum atomic E-state index is -0.576. The molecule has 30 heavy (non-hydrogen) atoms. The van der Waals surface area contributed by atoms with Gasteiger partial charge in [-0.05, 0) is 47.2 Å². The second-order valence-electron chi connectivity index (χ2n) is 8.34. The van der Waals surface area contributed by atoms with Gasteiger partial charge < -0.3 is 10.6 Å². The minimum absolute atomic E-state index is 0.134.